The zero-order valence-electron chi connectivity index (χ0n) is 11.0. The van der Waals surface area contributed by atoms with Crippen molar-refractivity contribution in [2.24, 2.45) is 15.9 Å². The van der Waals surface area contributed by atoms with Crippen LogP contribution in [0.3, 0.4) is 0 Å². The monoisotopic (exact) mass is 249 g/mol. The summed E-state index contributed by atoms with van der Waals surface area (Å²) in [6.45, 7) is 8.42. The Balaban J connectivity index is 3.15. The van der Waals surface area contributed by atoms with Gasteiger partial charge in [-0.25, -0.2) is 0 Å². The van der Waals surface area contributed by atoms with Crippen LogP contribution in [0.25, 0.3) is 0 Å². The second-order valence-electron chi connectivity index (χ2n) is 4.06. The van der Waals surface area contributed by atoms with Gasteiger partial charge in [0.1, 0.15) is 0 Å². The second kappa shape index (κ2) is 5.87. The van der Waals surface area contributed by atoms with Gasteiger partial charge in [0.25, 0.3) is 0 Å². The lowest BCUT2D eigenvalue weighted by atomic mass is 9.95. The third kappa shape index (κ3) is 3.33. The number of thioether (sulfide) groups is 1. The number of amidine groups is 1. The molecule has 0 bridgehead atoms. The van der Waals surface area contributed by atoms with E-state index in [9.17, 15) is 0 Å². The van der Waals surface area contributed by atoms with Crippen LogP contribution in [-0.4, -0.2) is 17.6 Å². The minimum atomic E-state index is 0.473. The number of rotatable bonds is 2. The van der Waals surface area contributed by atoms with Gasteiger partial charge in [0.05, 0.1) is 6.21 Å². The molecular formula is C13H19N3S. The van der Waals surface area contributed by atoms with Crippen molar-refractivity contribution in [1.82, 2.24) is 0 Å². The number of benzene rings is 1. The van der Waals surface area contributed by atoms with Crippen molar-refractivity contribution in [3.63, 3.8) is 0 Å². The summed E-state index contributed by atoms with van der Waals surface area (Å²) < 4.78 is 0. The minimum Gasteiger partial charge on any atom is -0.377 e. The molecule has 0 aromatic heterocycles. The van der Waals surface area contributed by atoms with E-state index in [1.54, 1.807) is 6.21 Å². The highest BCUT2D eigenvalue weighted by molar-refractivity contribution is 8.13. The maximum atomic E-state index is 5.57. The van der Waals surface area contributed by atoms with Crippen LogP contribution in [-0.2, 0) is 0 Å². The molecule has 1 aromatic rings. The lowest BCUT2D eigenvalue weighted by Crippen LogP contribution is -2.04. The predicted octanol–water partition coefficient (Wildman–Crippen LogP) is 2.93. The van der Waals surface area contributed by atoms with Crippen molar-refractivity contribution in [1.29, 1.82) is 0 Å². The fourth-order valence-corrected chi connectivity index (χ4v) is 1.75. The van der Waals surface area contributed by atoms with Crippen molar-refractivity contribution >= 4 is 23.1 Å². The average molecular weight is 249 g/mol. The maximum absolute atomic E-state index is 5.57. The highest BCUT2D eigenvalue weighted by Crippen LogP contribution is 2.19. The Morgan fingerprint density at radius 3 is 2.18 bits per heavy atom. The van der Waals surface area contributed by atoms with Gasteiger partial charge in [-0.3, -0.25) is 0 Å². The summed E-state index contributed by atoms with van der Waals surface area (Å²) in [6.07, 6.45) is 3.66. The van der Waals surface area contributed by atoms with Gasteiger partial charge >= 0.3 is 0 Å². The molecule has 0 aliphatic heterocycles. The first-order valence-corrected chi connectivity index (χ1v) is 6.67. The molecule has 0 atom stereocenters. The summed E-state index contributed by atoms with van der Waals surface area (Å²) >= 11 is 1.39. The normalized spacial score (nSPS) is 12.4. The van der Waals surface area contributed by atoms with Crippen LogP contribution in [0.15, 0.2) is 16.3 Å². The Kier molecular flexibility index (Phi) is 4.75. The van der Waals surface area contributed by atoms with Crippen LogP contribution in [0.4, 0.5) is 0 Å². The van der Waals surface area contributed by atoms with E-state index in [1.165, 1.54) is 34.0 Å². The average Bonchev–Trinajstić information content (AvgIpc) is 2.30. The van der Waals surface area contributed by atoms with Gasteiger partial charge < -0.3 is 5.73 Å². The smallest absolute Gasteiger partial charge is 0.180 e. The van der Waals surface area contributed by atoms with Gasteiger partial charge in [0, 0.05) is 5.56 Å². The molecule has 1 aromatic carbocycles. The van der Waals surface area contributed by atoms with E-state index >= 15 is 0 Å². The highest BCUT2D eigenvalue weighted by atomic mass is 32.2. The van der Waals surface area contributed by atoms with Crippen molar-refractivity contribution in [2.75, 3.05) is 6.26 Å². The van der Waals surface area contributed by atoms with E-state index in [-0.39, 0.29) is 0 Å². The molecule has 0 spiro atoms. The standard InChI is InChI=1S/C13H19N3S/c1-8-6-9(2)11(4)12(10(8)3)7-15-16-13(14)17-5/h6-7H,1-5H3,(H2,14,16)/b15-7+. The van der Waals surface area contributed by atoms with E-state index in [0.717, 1.165) is 5.56 Å². The predicted molar refractivity (Wildman–Crippen MR) is 78.1 cm³/mol. The summed E-state index contributed by atoms with van der Waals surface area (Å²) in [5.41, 5.74) is 11.8. The molecule has 1 rings (SSSR count). The van der Waals surface area contributed by atoms with Crippen molar-refractivity contribution < 1.29 is 0 Å². The van der Waals surface area contributed by atoms with Gasteiger partial charge in [-0.15, -0.1) is 5.10 Å². The molecule has 17 heavy (non-hydrogen) atoms. The first kappa shape index (κ1) is 13.8. The molecule has 0 heterocycles. The van der Waals surface area contributed by atoms with Crippen molar-refractivity contribution in [3.05, 3.63) is 33.9 Å². The van der Waals surface area contributed by atoms with Crippen LogP contribution in [0.5, 0.6) is 0 Å². The Labute approximate surface area is 107 Å². The fraction of sp³-hybridized carbons (Fsp3) is 0.385. The molecule has 0 radical (unpaired) electrons. The SMILES string of the molecule is CS/C(N)=N/N=C/c1c(C)c(C)cc(C)c1C. The van der Waals surface area contributed by atoms with Crippen LogP contribution in [0.2, 0.25) is 0 Å². The van der Waals surface area contributed by atoms with E-state index < -0.39 is 0 Å². The van der Waals surface area contributed by atoms with E-state index in [2.05, 4.69) is 44.0 Å². The van der Waals surface area contributed by atoms with Gasteiger partial charge in [-0.1, -0.05) is 17.8 Å². The lowest BCUT2D eigenvalue weighted by molar-refractivity contribution is 1.21. The molecular weight excluding hydrogens is 230 g/mol. The lowest BCUT2D eigenvalue weighted by Gasteiger charge is -2.11. The third-order valence-corrected chi connectivity index (χ3v) is 3.48. The maximum Gasteiger partial charge on any atom is 0.180 e. The Morgan fingerprint density at radius 2 is 1.71 bits per heavy atom. The first-order chi connectivity index (χ1) is 7.97. The molecule has 92 valence electrons. The molecule has 0 unspecified atom stereocenters. The Bertz CT molecular complexity index is 450. The Hall–Kier alpha value is -1.29. The number of nitrogens with two attached hydrogens (primary N) is 1. The minimum absolute atomic E-state index is 0.473. The van der Waals surface area contributed by atoms with Gasteiger partial charge in [-0.2, -0.15) is 5.10 Å². The van der Waals surface area contributed by atoms with E-state index in [1.807, 2.05) is 6.26 Å². The topological polar surface area (TPSA) is 50.7 Å². The third-order valence-electron chi connectivity index (χ3n) is 2.98. The number of hydrogen-bond donors (Lipinski definition) is 1. The number of hydrogen-bond acceptors (Lipinski definition) is 3. The number of aryl methyl sites for hydroxylation is 2. The molecule has 2 N–H and O–H groups in total. The zero-order chi connectivity index (χ0) is 13.0. The molecule has 0 amide bonds. The first-order valence-electron chi connectivity index (χ1n) is 5.45. The molecule has 0 saturated heterocycles. The molecule has 0 aliphatic rings. The van der Waals surface area contributed by atoms with Crippen molar-refractivity contribution in [2.45, 2.75) is 27.7 Å². The number of nitrogens with zero attached hydrogens (tertiary/aromatic N) is 2. The van der Waals surface area contributed by atoms with Gasteiger partial charge in [0.15, 0.2) is 5.17 Å². The molecule has 0 fully saturated rings. The largest absolute Gasteiger partial charge is 0.377 e. The van der Waals surface area contributed by atoms with Crippen LogP contribution < -0.4 is 5.73 Å². The summed E-state index contributed by atoms with van der Waals surface area (Å²) in [6, 6.07) is 2.20. The summed E-state index contributed by atoms with van der Waals surface area (Å²) in [5, 5.41) is 8.41. The molecule has 0 saturated carbocycles. The quantitative estimate of drug-likeness (QED) is 0.498. The second-order valence-corrected chi connectivity index (χ2v) is 4.89. The van der Waals surface area contributed by atoms with Gasteiger partial charge in [0.2, 0.25) is 0 Å². The fourth-order valence-electron chi connectivity index (χ4n) is 1.63. The van der Waals surface area contributed by atoms with Crippen LogP contribution in [0.1, 0.15) is 27.8 Å². The summed E-state index contributed by atoms with van der Waals surface area (Å²) in [7, 11) is 0. The Morgan fingerprint density at radius 1 is 1.18 bits per heavy atom. The molecule has 0 aliphatic carbocycles. The zero-order valence-corrected chi connectivity index (χ0v) is 11.9. The van der Waals surface area contributed by atoms with Gasteiger partial charge in [-0.05, 0) is 56.2 Å². The van der Waals surface area contributed by atoms with Crippen molar-refractivity contribution in [3.8, 4) is 0 Å². The highest BCUT2D eigenvalue weighted by Gasteiger charge is 2.05. The molecule has 4 heteroatoms. The van der Waals surface area contributed by atoms with E-state index in [0.29, 0.717) is 5.17 Å². The summed E-state index contributed by atoms with van der Waals surface area (Å²) in [4.78, 5) is 0. The molecule has 3 nitrogen and oxygen atoms in total. The van der Waals surface area contributed by atoms with Crippen LogP contribution >= 0.6 is 11.8 Å². The summed E-state index contributed by atoms with van der Waals surface area (Å²) in [5.74, 6) is 0. The van der Waals surface area contributed by atoms with E-state index in [4.69, 9.17) is 5.73 Å². The van der Waals surface area contributed by atoms with Crippen LogP contribution in [0, 0.1) is 27.7 Å².